The van der Waals surface area contributed by atoms with Crippen molar-refractivity contribution in [3.63, 3.8) is 0 Å². The molecule has 2 aromatic carbocycles. The fraction of sp³-hybridized carbons (Fsp3) is 0.167. The number of hydrogen-bond acceptors (Lipinski definition) is 4. The monoisotopic (exact) mass is 445 g/mol. The molecular weight excluding hydrogens is 426 g/mol. The molecule has 8 heteroatoms. The van der Waals surface area contributed by atoms with E-state index in [4.69, 9.17) is 11.6 Å². The third-order valence-electron chi connectivity index (χ3n) is 5.60. The van der Waals surface area contributed by atoms with Gasteiger partial charge < -0.3 is 5.32 Å². The minimum atomic E-state index is -0.687. The van der Waals surface area contributed by atoms with E-state index in [-0.39, 0.29) is 18.2 Å². The summed E-state index contributed by atoms with van der Waals surface area (Å²) in [7, 11) is 0. The number of rotatable bonds is 5. The van der Waals surface area contributed by atoms with Crippen LogP contribution in [-0.4, -0.2) is 26.3 Å². The number of hydrogen-bond donors (Lipinski definition) is 1. The first-order valence-corrected chi connectivity index (χ1v) is 10.6. The van der Waals surface area contributed by atoms with Crippen molar-refractivity contribution in [3.05, 3.63) is 83.1 Å². The molecule has 1 atom stereocenters. The van der Waals surface area contributed by atoms with Crippen molar-refractivity contribution >= 4 is 46.1 Å². The number of carbonyl (C=O) groups is 2. The zero-order chi connectivity index (χ0) is 22.2. The van der Waals surface area contributed by atoms with Crippen molar-refractivity contribution in [2.75, 3.05) is 10.2 Å². The molecule has 4 aromatic rings. The van der Waals surface area contributed by atoms with Gasteiger partial charge in [0.25, 0.3) is 5.91 Å². The number of fused-ring (bicyclic) bond motifs is 3. The first-order chi connectivity index (χ1) is 15.5. The van der Waals surface area contributed by atoms with Gasteiger partial charge in [0, 0.05) is 23.1 Å². The first kappa shape index (κ1) is 20.2. The molecule has 2 amide bonds. The maximum atomic E-state index is 13.4. The van der Waals surface area contributed by atoms with Gasteiger partial charge in [-0.1, -0.05) is 35.9 Å². The maximum Gasteiger partial charge on any atom is 0.253 e. The van der Waals surface area contributed by atoms with Crippen LogP contribution in [0.4, 0.5) is 11.6 Å². The summed E-state index contributed by atoms with van der Waals surface area (Å²) in [6.45, 7) is 2.23. The number of carbonyl (C=O) groups excluding carboxylic acids is 2. The van der Waals surface area contributed by atoms with Crippen molar-refractivity contribution < 1.29 is 9.59 Å². The molecule has 7 nitrogen and oxygen atoms in total. The molecule has 160 valence electrons. The predicted molar refractivity (Wildman–Crippen MR) is 124 cm³/mol. The number of anilines is 2. The van der Waals surface area contributed by atoms with Crippen LogP contribution >= 0.6 is 11.6 Å². The van der Waals surface area contributed by atoms with E-state index in [2.05, 4.69) is 15.3 Å². The van der Waals surface area contributed by atoms with Crippen LogP contribution in [0.5, 0.6) is 0 Å². The lowest BCUT2D eigenvalue weighted by molar-refractivity contribution is -0.124. The van der Waals surface area contributed by atoms with Crippen LogP contribution in [0.3, 0.4) is 0 Å². The van der Waals surface area contributed by atoms with Crippen molar-refractivity contribution in [2.24, 2.45) is 0 Å². The van der Waals surface area contributed by atoms with Gasteiger partial charge in [-0.2, -0.15) is 0 Å². The van der Waals surface area contributed by atoms with E-state index in [0.29, 0.717) is 23.2 Å². The highest BCUT2D eigenvalue weighted by molar-refractivity contribution is 6.31. The molecule has 0 fully saturated rings. The normalized spacial score (nSPS) is 15.2. The number of imidazole rings is 1. The van der Waals surface area contributed by atoms with Crippen molar-refractivity contribution in [1.29, 1.82) is 0 Å². The minimum Gasteiger partial charge on any atom is -0.326 e. The SMILES string of the molecule is Cc1ccc(Cl)cc1NC(=O)C[C@H]1C(=O)N(Cc2cccnc2)c2nc3ccccc3n21. The Morgan fingerprint density at radius 2 is 2.00 bits per heavy atom. The van der Waals surface area contributed by atoms with Gasteiger partial charge in [-0.05, 0) is 48.4 Å². The van der Waals surface area contributed by atoms with E-state index >= 15 is 0 Å². The molecule has 0 bridgehead atoms. The molecule has 0 saturated carbocycles. The lowest BCUT2D eigenvalue weighted by atomic mass is 10.1. The fourth-order valence-corrected chi connectivity index (χ4v) is 4.20. The third kappa shape index (κ3) is 3.61. The Balaban J connectivity index is 1.48. The first-order valence-electron chi connectivity index (χ1n) is 10.2. The minimum absolute atomic E-state index is 0.0122. The lowest BCUT2D eigenvalue weighted by Gasteiger charge is -2.16. The molecule has 0 saturated heterocycles. The molecule has 5 rings (SSSR count). The number of halogens is 1. The molecule has 0 aliphatic carbocycles. The number of nitrogens with zero attached hydrogens (tertiary/aromatic N) is 4. The molecule has 0 radical (unpaired) electrons. The highest BCUT2D eigenvalue weighted by atomic mass is 35.5. The second-order valence-electron chi connectivity index (χ2n) is 7.78. The van der Waals surface area contributed by atoms with Crippen LogP contribution in [0.25, 0.3) is 11.0 Å². The van der Waals surface area contributed by atoms with Gasteiger partial charge in [-0.15, -0.1) is 0 Å². The standard InChI is InChI=1S/C24H20ClN5O2/c1-15-8-9-17(25)11-19(15)27-22(31)12-21-23(32)29(14-16-5-4-10-26-13-16)24-28-18-6-2-3-7-20(18)30(21)24/h2-11,13,21H,12,14H2,1H3,(H,27,31)/t21-/m0/s1. The number of amides is 2. The topological polar surface area (TPSA) is 80.1 Å². The van der Waals surface area contributed by atoms with Crippen LogP contribution in [0.1, 0.15) is 23.6 Å². The van der Waals surface area contributed by atoms with Crippen LogP contribution < -0.4 is 10.2 Å². The van der Waals surface area contributed by atoms with E-state index < -0.39 is 6.04 Å². The molecule has 3 heterocycles. The molecule has 1 aliphatic heterocycles. The van der Waals surface area contributed by atoms with Gasteiger partial charge in [-0.3, -0.25) is 24.0 Å². The van der Waals surface area contributed by atoms with Crippen LogP contribution in [0, 0.1) is 6.92 Å². The Kier molecular flexibility index (Phi) is 5.11. The number of para-hydroxylation sites is 2. The molecule has 0 spiro atoms. The smallest absolute Gasteiger partial charge is 0.253 e. The summed E-state index contributed by atoms with van der Waals surface area (Å²) in [6, 6.07) is 16.0. The summed E-state index contributed by atoms with van der Waals surface area (Å²) in [5, 5.41) is 3.43. The zero-order valence-electron chi connectivity index (χ0n) is 17.3. The third-order valence-corrected chi connectivity index (χ3v) is 5.83. The molecule has 1 N–H and O–H groups in total. The van der Waals surface area contributed by atoms with E-state index in [1.807, 2.05) is 54.0 Å². The van der Waals surface area contributed by atoms with Gasteiger partial charge in [0.15, 0.2) is 0 Å². The lowest BCUT2D eigenvalue weighted by Crippen LogP contribution is -2.31. The molecule has 2 aromatic heterocycles. The molecule has 0 unspecified atom stereocenters. The van der Waals surface area contributed by atoms with Crippen LogP contribution in [0.2, 0.25) is 5.02 Å². The number of aromatic nitrogens is 3. The summed E-state index contributed by atoms with van der Waals surface area (Å²) < 4.78 is 1.86. The second-order valence-corrected chi connectivity index (χ2v) is 8.22. The summed E-state index contributed by atoms with van der Waals surface area (Å²) in [4.78, 5) is 36.8. The number of pyridine rings is 1. The summed E-state index contributed by atoms with van der Waals surface area (Å²) >= 11 is 6.08. The van der Waals surface area contributed by atoms with Crippen LogP contribution in [-0.2, 0) is 16.1 Å². The highest BCUT2D eigenvalue weighted by Gasteiger charge is 2.40. The van der Waals surface area contributed by atoms with Crippen molar-refractivity contribution in [3.8, 4) is 0 Å². The quantitative estimate of drug-likeness (QED) is 0.490. The largest absolute Gasteiger partial charge is 0.326 e. The Labute approximate surface area is 189 Å². The second kappa shape index (κ2) is 8.09. The summed E-state index contributed by atoms with van der Waals surface area (Å²) in [5.74, 6) is 0.109. The predicted octanol–water partition coefficient (Wildman–Crippen LogP) is 4.51. The zero-order valence-corrected chi connectivity index (χ0v) is 18.1. The van der Waals surface area contributed by atoms with E-state index in [9.17, 15) is 9.59 Å². The Bertz CT molecular complexity index is 1330. The Morgan fingerprint density at radius 1 is 1.16 bits per heavy atom. The number of aryl methyl sites for hydroxylation is 1. The summed E-state index contributed by atoms with van der Waals surface area (Å²) in [6.07, 6.45) is 3.40. The average Bonchev–Trinajstić information content (AvgIpc) is 3.28. The average molecular weight is 446 g/mol. The van der Waals surface area contributed by atoms with Gasteiger partial charge in [0.05, 0.1) is 24.0 Å². The van der Waals surface area contributed by atoms with E-state index in [1.54, 1.807) is 29.4 Å². The van der Waals surface area contributed by atoms with Crippen molar-refractivity contribution in [2.45, 2.75) is 25.9 Å². The van der Waals surface area contributed by atoms with E-state index in [0.717, 1.165) is 22.2 Å². The maximum absolute atomic E-state index is 13.4. The van der Waals surface area contributed by atoms with Gasteiger partial charge >= 0.3 is 0 Å². The molecule has 32 heavy (non-hydrogen) atoms. The highest BCUT2D eigenvalue weighted by Crippen LogP contribution is 2.37. The van der Waals surface area contributed by atoms with Crippen LogP contribution in [0.15, 0.2) is 67.0 Å². The molecular formula is C24H20ClN5O2. The van der Waals surface area contributed by atoms with Gasteiger partial charge in [-0.25, -0.2) is 4.98 Å². The van der Waals surface area contributed by atoms with Gasteiger partial charge in [0.2, 0.25) is 11.9 Å². The number of benzene rings is 2. The Morgan fingerprint density at radius 3 is 2.81 bits per heavy atom. The van der Waals surface area contributed by atoms with Crippen molar-refractivity contribution in [1.82, 2.24) is 14.5 Å². The molecule has 1 aliphatic rings. The van der Waals surface area contributed by atoms with Gasteiger partial charge in [0.1, 0.15) is 6.04 Å². The van der Waals surface area contributed by atoms with E-state index in [1.165, 1.54) is 0 Å². The number of nitrogens with one attached hydrogen (secondary N) is 1. The summed E-state index contributed by atoms with van der Waals surface area (Å²) in [5.41, 5.74) is 4.02. The fourth-order valence-electron chi connectivity index (χ4n) is 4.03. The Hall–Kier alpha value is -3.71.